The third kappa shape index (κ3) is 2.78. The van der Waals surface area contributed by atoms with E-state index in [9.17, 15) is 4.79 Å². The lowest BCUT2D eigenvalue weighted by molar-refractivity contribution is 0.102. The minimum atomic E-state index is 0.114. The molecule has 1 aromatic heterocycles. The summed E-state index contributed by atoms with van der Waals surface area (Å²) in [6.07, 6.45) is 0. The molecule has 1 heterocycles. The number of aryl methyl sites for hydroxylation is 1. The number of hydrogen-bond acceptors (Lipinski definition) is 4. The van der Waals surface area contributed by atoms with Crippen LogP contribution < -0.4 is 4.90 Å². The monoisotopic (exact) mass is 290 g/mol. The van der Waals surface area contributed by atoms with Crippen molar-refractivity contribution in [3.63, 3.8) is 0 Å². The molecule has 0 saturated heterocycles. The zero-order chi connectivity index (χ0) is 11.4. The van der Waals surface area contributed by atoms with Crippen molar-refractivity contribution in [3.05, 3.63) is 10.6 Å². The third-order valence-electron chi connectivity index (χ3n) is 2.19. The molecule has 0 spiro atoms. The number of aromatic nitrogens is 1. The van der Waals surface area contributed by atoms with Gasteiger partial charge in [-0.1, -0.05) is 27.3 Å². The van der Waals surface area contributed by atoms with Crippen LogP contribution in [0, 0.1) is 6.92 Å². The Labute approximate surface area is 103 Å². The topological polar surface area (TPSA) is 33.2 Å². The van der Waals surface area contributed by atoms with Gasteiger partial charge in [-0.05, 0) is 20.8 Å². The Bertz CT molecular complexity index is 347. The van der Waals surface area contributed by atoms with Crippen molar-refractivity contribution in [1.29, 1.82) is 0 Å². The second-order valence-electron chi connectivity index (χ2n) is 3.14. The fourth-order valence-electron chi connectivity index (χ4n) is 1.33. The standard InChI is InChI=1S/C10H15BrN2OS/c1-4-13(5-2)10-12-7(3)9(15-10)8(14)6-11/h4-6H2,1-3H3. The number of Topliss-reactive ketones (excluding diaryl/α,β-unsaturated/α-hetero) is 1. The number of ketones is 1. The predicted octanol–water partition coefficient (Wildman–Crippen LogP) is 2.88. The predicted molar refractivity (Wildman–Crippen MR) is 68.5 cm³/mol. The van der Waals surface area contributed by atoms with Gasteiger partial charge < -0.3 is 4.90 Å². The molecule has 0 aromatic carbocycles. The van der Waals surface area contributed by atoms with Gasteiger partial charge in [0.1, 0.15) is 0 Å². The Morgan fingerprint density at radius 2 is 2.07 bits per heavy atom. The maximum absolute atomic E-state index is 11.6. The number of nitrogens with zero attached hydrogens (tertiary/aromatic N) is 2. The third-order valence-corrected chi connectivity index (χ3v) is 3.96. The van der Waals surface area contributed by atoms with E-state index in [2.05, 4.69) is 39.7 Å². The lowest BCUT2D eigenvalue weighted by Gasteiger charge is -2.16. The zero-order valence-corrected chi connectivity index (χ0v) is 11.6. The molecule has 3 nitrogen and oxygen atoms in total. The summed E-state index contributed by atoms with van der Waals surface area (Å²) >= 11 is 4.67. The van der Waals surface area contributed by atoms with Gasteiger partial charge in [0, 0.05) is 13.1 Å². The van der Waals surface area contributed by atoms with Gasteiger partial charge in [-0.15, -0.1) is 0 Å². The highest BCUT2D eigenvalue weighted by Gasteiger charge is 2.16. The van der Waals surface area contributed by atoms with Gasteiger partial charge >= 0.3 is 0 Å². The average Bonchev–Trinajstić information content (AvgIpc) is 2.61. The van der Waals surface area contributed by atoms with E-state index < -0.39 is 0 Å². The molecule has 15 heavy (non-hydrogen) atoms. The van der Waals surface area contributed by atoms with Crippen molar-refractivity contribution in [2.24, 2.45) is 0 Å². The second kappa shape index (κ2) is 5.61. The fraction of sp³-hybridized carbons (Fsp3) is 0.600. The maximum atomic E-state index is 11.6. The van der Waals surface area contributed by atoms with Crippen LogP contribution in [0.25, 0.3) is 0 Å². The SMILES string of the molecule is CCN(CC)c1nc(C)c(C(=O)CBr)s1. The van der Waals surface area contributed by atoms with Gasteiger partial charge in [-0.3, -0.25) is 4.79 Å². The first-order valence-corrected chi connectivity index (χ1v) is 6.89. The van der Waals surface area contributed by atoms with Crippen molar-refractivity contribution in [3.8, 4) is 0 Å². The van der Waals surface area contributed by atoms with Crippen LogP contribution in [0.15, 0.2) is 0 Å². The maximum Gasteiger partial charge on any atom is 0.186 e. The van der Waals surface area contributed by atoms with Crippen molar-refractivity contribution in [2.75, 3.05) is 23.3 Å². The number of halogens is 1. The second-order valence-corrected chi connectivity index (χ2v) is 4.68. The molecule has 5 heteroatoms. The lowest BCUT2D eigenvalue weighted by atomic mass is 10.3. The van der Waals surface area contributed by atoms with E-state index in [1.165, 1.54) is 11.3 Å². The number of rotatable bonds is 5. The summed E-state index contributed by atoms with van der Waals surface area (Å²) in [5.41, 5.74) is 0.839. The molecule has 0 unspecified atom stereocenters. The average molecular weight is 291 g/mol. The molecule has 1 rings (SSSR count). The van der Waals surface area contributed by atoms with E-state index in [1.807, 2.05) is 6.92 Å². The molecule has 0 N–H and O–H groups in total. The van der Waals surface area contributed by atoms with Crippen LogP contribution in [0.3, 0.4) is 0 Å². The quantitative estimate of drug-likeness (QED) is 0.618. The molecule has 0 saturated carbocycles. The van der Waals surface area contributed by atoms with E-state index in [1.54, 1.807) is 0 Å². The zero-order valence-electron chi connectivity index (χ0n) is 9.21. The van der Waals surface area contributed by atoms with Gasteiger partial charge in [-0.2, -0.15) is 0 Å². The molecule has 0 fully saturated rings. The molecule has 84 valence electrons. The van der Waals surface area contributed by atoms with E-state index in [0.29, 0.717) is 5.33 Å². The summed E-state index contributed by atoms with van der Waals surface area (Å²) < 4.78 is 0. The summed E-state index contributed by atoms with van der Waals surface area (Å²) in [4.78, 5) is 18.9. The highest BCUT2D eigenvalue weighted by Crippen LogP contribution is 2.26. The molecule has 1 aromatic rings. The van der Waals surface area contributed by atoms with Gasteiger partial charge in [0.25, 0.3) is 0 Å². The molecule has 0 atom stereocenters. The number of anilines is 1. The van der Waals surface area contributed by atoms with Crippen LogP contribution in [-0.4, -0.2) is 29.2 Å². The summed E-state index contributed by atoms with van der Waals surface area (Å²) in [6.45, 7) is 7.91. The van der Waals surface area contributed by atoms with Crippen molar-refractivity contribution < 1.29 is 4.79 Å². The first kappa shape index (κ1) is 12.6. The highest BCUT2D eigenvalue weighted by atomic mass is 79.9. The normalized spacial score (nSPS) is 10.4. The number of carbonyl (C=O) groups is 1. The highest BCUT2D eigenvalue weighted by molar-refractivity contribution is 9.09. The van der Waals surface area contributed by atoms with Crippen LogP contribution >= 0.6 is 27.3 Å². The van der Waals surface area contributed by atoms with Crippen molar-refractivity contribution in [1.82, 2.24) is 4.98 Å². The largest absolute Gasteiger partial charge is 0.349 e. The Morgan fingerprint density at radius 1 is 1.47 bits per heavy atom. The molecule has 0 aliphatic heterocycles. The number of thiazole rings is 1. The molecular formula is C10H15BrN2OS. The lowest BCUT2D eigenvalue weighted by Crippen LogP contribution is -2.21. The van der Waals surface area contributed by atoms with Gasteiger partial charge in [0.2, 0.25) is 0 Å². The van der Waals surface area contributed by atoms with Crippen LogP contribution in [-0.2, 0) is 0 Å². The Morgan fingerprint density at radius 3 is 2.53 bits per heavy atom. The molecule has 0 bridgehead atoms. The van der Waals surface area contributed by atoms with Gasteiger partial charge in [-0.25, -0.2) is 4.98 Å². The number of carbonyl (C=O) groups excluding carboxylic acids is 1. The van der Waals surface area contributed by atoms with Gasteiger partial charge in [0.05, 0.1) is 15.9 Å². The minimum absolute atomic E-state index is 0.114. The fourth-order valence-corrected chi connectivity index (χ4v) is 2.93. The molecule has 0 radical (unpaired) electrons. The summed E-state index contributed by atoms with van der Waals surface area (Å²) in [7, 11) is 0. The number of hydrogen-bond donors (Lipinski definition) is 0. The molecule has 0 aliphatic rings. The van der Waals surface area contributed by atoms with Crippen LogP contribution in [0.4, 0.5) is 5.13 Å². The van der Waals surface area contributed by atoms with E-state index >= 15 is 0 Å². The Kier molecular flexibility index (Phi) is 4.73. The first-order valence-electron chi connectivity index (χ1n) is 4.95. The van der Waals surface area contributed by atoms with E-state index in [4.69, 9.17) is 0 Å². The van der Waals surface area contributed by atoms with Crippen LogP contribution in [0.1, 0.15) is 29.2 Å². The van der Waals surface area contributed by atoms with E-state index in [-0.39, 0.29) is 5.78 Å². The molecule has 0 amide bonds. The summed E-state index contributed by atoms with van der Waals surface area (Å²) in [5.74, 6) is 0.114. The van der Waals surface area contributed by atoms with Crippen LogP contribution in [0.2, 0.25) is 0 Å². The number of alkyl halides is 1. The van der Waals surface area contributed by atoms with Crippen molar-refractivity contribution >= 4 is 38.2 Å². The smallest absolute Gasteiger partial charge is 0.186 e. The first-order chi connectivity index (χ1) is 7.13. The summed E-state index contributed by atoms with van der Waals surface area (Å²) in [6, 6.07) is 0. The van der Waals surface area contributed by atoms with E-state index in [0.717, 1.165) is 28.8 Å². The van der Waals surface area contributed by atoms with Gasteiger partial charge in [0.15, 0.2) is 10.9 Å². The van der Waals surface area contributed by atoms with Crippen LogP contribution in [0.5, 0.6) is 0 Å². The molecular weight excluding hydrogens is 276 g/mol. The molecule has 0 aliphatic carbocycles. The minimum Gasteiger partial charge on any atom is -0.349 e. The summed E-state index contributed by atoms with van der Waals surface area (Å²) in [5, 5.41) is 1.31. The Balaban J connectivity index is 2.99. The van der Waals surface area contributed by atoms with Crippen molar-refractivity contribution in [2.45, 2.75) is 20.8 Å². The Hall–Kier alpha value is -0.420.